The van der Waals surface area contributed by atoms with Gasteiger partial charge in [0.2, 0.25) is 0 Å². The van der Waals surface area contributed by atoms with E-state index in [1.165, 1.54) is 24.2 Å². The molecule has 2 aliphatic heterocycles. The number of methoxy groups -OCH3 is 1. The second-order valence-electron chi connectivity index (χ2n) is 7.27. The van der Waals surface area contributed by atoms with E-state index in [4.69, 9.17) is 4.74 Å². The SMILES string of the molecule is COc1cccc(CN2CC3(CN(Cc4ccc(F)cc4)C3)C2)c1. The van der Waals surface area contributed by atoms with Gasteiger partial charge in [0.25, 0.3) is 0 Å². The minimum absolute atomic E-state index is 0.161. The number of likely N-dealkylation sites (tertiary alicyclic amines) is 2. The van der Waals surface area contributed by atoms with E-state index in [0.717, 1.165) is 31.9 Å². The molecule has 2 aromatic rings. The zero-order chi connectivity index (χ0) is 16.6. The Bertz CT molecular complexity index is 702. The summed E-state index contributed by atoms with van der Waals surface area (Å²) in [5.74, 6) is 0.767. The average Bonchev–Trinajstić information content (AvgIpc) is 2.53. The molecule has 0 unspecified atom stereocenters. The molecule has 0 atom stereocenters. The fourth-order valence-electron chi connectivity index (χ4n) is 4.11. The first-order valence-corrected chi connectivity index (χ1v) is 8.46. The van der Waals surface area contributed by atoms with Crippen molar-refractivity contribution in [2.24, 2.45) is 5.41 Å². The summed E-state index contributed by atoms with van der Waals surface area (Å²) in [6.45, 7) is 6.57. The van der Waals surface area contributed by atoms with Crippen LogP contribution in [0.2, 0.25) is 0 Å². The largest absolute Gasteiger partial charge is 0.497 e. The van der Waals surface area contributed by atoms with Crippen LogP contribution in [0.3, 0.4) is 0 Å². The first kappa shape index (κ1) is 15.6. The van der Waals surface area contributed by atoms with Gasteiger partial charge < -0.3 is 4.74 Å². The van der Waals surface area contributed by atoms with Gasteiger partial charge in [-0.2, -0.15) is 0 Å². The first-order valence-electron chi connectivity index (χ1n) is 8.46. The van der Waals surface area contributed by atoms with Crippen LogP contribution in [-0.4, -0.2) is 43.1 Å². The molecule has 1 spiro atoms. The minimum Gasteiger partial charge on any atom is -0.497 e. The number of rotatable bonds is 5. The van der Waals surface area contributed by atoms with Crippen LogP contribution in [0, 0.1) is 11.2 Å². The van der Waals surface area contributed by atoms with Crippen molar-refractivity contribution in [3.63, 3.8) is 0 Å². The van der Waals surface area contributed by atoms with Crippen LogP contribution in [0.5, 0.6) is 5.75 Å². The highest BCUT2D eigenvalue weighted by Crippen LogP contribution is 2.40. The Hall–Kier alpha value is -1.91. The van der Waals surface area contributed by atoms with E-state index >= 15 is 0 Å². The number of ether oxygens (including phenoxy) is 1. The summed E-state index contributed by atoms with van der Waals surface area (Å²) in [5.41, 5.74) is 2.99. The van der Waals surface area contributed by atoms with Crippen LogP contribution in [0.25, 0.3) is 0 Å². The number of benzene rings is 2. The molecule has 0 radical (unpaired) electrons. The Balaban J connectivity index is 1.24. The third kappa shape index (κ3) is 3.17. The van der Waals surface area contributed by atoms with E-state index < -0.39 is 0 Å². The maximum Gasteiger partial charge on any atom is 0.123 e. The highest BCUT2D eigenvalue weighted by atomic mass is 19.1. The van der Waals surface area contributed by atoms with Gasteiger partial charge in [-0.1, -0.05) is 24.3 Å². The lowest BCUT2D eigenvalue weighted by Gasteiger charge is -2.60. The van der Waals surface area contributed by atoms with E-state index in [0.29, 0.717) is 5.41 Å². The molecule has 2 heterocycles. The molecule has 2 aliphatic rings. The first-order chi connectivity index (χ1) is 11.6. The van der Waals surface area contributed by atoms with Gasteiger partial charge in [0, 0.05) is 44.7 Å². The average molecular weight is 326 g/mol. The van der Waals surface area contributed by atoms with Crippen molar-refractivity contribution in [3.05, 3.63) is 65.5 Å². The van der Waals surface area contributed by atoms with Gasteiger partial charge in [0.05, 0.1) is 7.11 Å². The topological polar surface area (TPSA) is 15.7 Å². The summed E-state index contributed by atoms with van der Waals surface area (Å²) >= 11 is 0. The Morgan fingerprint density at radius 3 is 2.17 bits per heavy atom. The molecule has 2 fully saturated rings. The lowest BCUT2D eigenvalue weighted by molar-refractivity contribution is -0.121. The summed E-state index contributed by atoms with van der Waals surface area (Å²) in [6, 6.07) is 15.2. The smallest absolute Gasteiger partial charge is 0.123 e. The Morgan fingerprint density at radius 2 is 1.54 bits per heavy atom. The van der Waals surface area contributed by atoms with Crippen molar-refractivity contribution in [2.75, 3.05) is 33.3 Å². The second kappa shape index (κ2) is 6.19. The molecule has 0 bridgehead atoms. The maximum atomic E-state index is 12.9. The molecule has 0 saturated carbocycles. The van der Waals surface area contributed by atoms with Crippen molar-refractivity contribution in [3.8, 4) is 5.75 Å². The number of hydrogen-bond acceptors (Lipinski definition) is 3. The second-order valence-corrected chi connectivity index (χ2v) is 7.27. The number of halogens is 1. The van der Waals surface area contributed by atoms with E-state index in [1.54, 1.807) is 19.2 Å². The van der Waals surface area contributed by atoms with Crippen LogP contribution in [0.4, 0.5) is 4.39 Å². The van der Waals surface area contributed by atoms with Crippen LogP contribution in [0.1, 0.15) is 11.1 Å². The van der Waals surface area contributed by atoms with Crippen molar-refractivity contribution >= 4 is 0 Å². The standard InChI is InChI=1S/C20H23FN2O/c1-24-19-4-2-3-17(9-19)11-23-14-20(15-23)12-22(13-20)10-16-5-7-18(21)8-6-16/h2-9H,10-15H2,1H3. The molecule has 0 N–H and O–H groups in total. The molecule has 126 valence electrons. The monoisotopic (exact) mass is 326 g/mol. The molecule has 24 heavy (non-hydrogen) atoms. The molecular formula is C20H23FN2O. The van der Waals surface area contributed by atoms with E-state index in [1.807, 2.05) is 18.2 Å². The summed E-state index contributed by atoms with van der Waals surface area (Å²) in [6.07, 6.45) is 0. The molecule has 4 rings (SSSR count). The minimum atomic E-state index is -0.161. The zero-order valence-electron chi connectivity index (χ0n) is 14.0. The summed E-state index contributed by atoms with van der Waals surface area (Å²) in [7, 11) is 1.71. The third-order valence-corrected chi connectivity index (χ3v) is 5.10. The van der Waals surface area contributed by atoms with E-state index in [2.05, 4.69) is 28.0 Å². The zero-order valence-corrected chi connectivity index (χ0v) is 14.0. The lowest BCUT2D eigenvalue weighted by Crippen LogP contribution is -2.71. The Labute approximate surface area is 142 Å². The highest BCUT2D eigenvalue weighted by molar-refractivity contribution is 5.28. The van der Waals surface area contributed by atoms with Gasteiger partial charge in [0.15, 0.2) is 0 Å². The van der Waals surface area contributed by atoms with Crippen LogP contribution >= 0.6 is 0 Å². The number of hydrogen-bond donors (Lipinski definition) is 0. The van der Waals surface area contributed by atoms with Crippen molar-refractivity contribution in [2.45, 2.75) is 13.1 Å². The highest BCUT2D eigenvalue weighted by Gasteiger charge is 2.51. The third-order valence-electron chi connectivity index (χ3n) is 5.10. The van der Waals surface area contributed by atoms with Crippen LogP contribution < -0.4 is 4.74 Å². The van der Waals surface area contributed by atoms with Gasteiger partial charge in [-0.15, -0.1) is 0 Å². The van der Waals surface area contributed by atoms with Gasteiger partial charge >= 0.3 is 0 Å². The summed E-state index contributed by atoms with van der Waals surface area (Å²) in [4.78, 5) is 4.96. The van der Waals surface area contributed by atoms with Crippen molar-refractivity contribution in [1.82, 2.24) is 9.80 Å². The van der Waals surface area contributed by atoms with Crippen LogP contribution in [-0.2, 0) is 13.1 Å². The van der Waals surface area contributed by atoms with Crippen molar-refractivity contribution < 1.29 is 9.13 Å². The predicted octanol–water partition coefficient (Wildman–Crippen LogP) is 3.15. The molecule has 2 aromatic carbocycles. The Morgan fingerprint density at radius 1 is 0.917 bits per heavy atom. The quantitative estimate of drug-likeness (QED) is 0.839. The normalized spacial score (nSPS) is 19.8. The molecule has 0 aromatic heterocycles. The molecule has 0 amide bonds. The fourth-order valence-corrected chi connectivity index (χ4v) is 4.11. The predicted molar refractivity (Wildman–Crippen MR) is 92.4 cm³/mol. The summed E-state index contributed by atoms with van der Waals surface area (Å²) in [5, 5.41) is 0. The van der Waals surface area contributed by atoms with Gasteiger partial charge in [-0.25, -0.2) is 4.39 Å². The van der Waals surface area contributed by atoms with E-state index in [9.17, 15) is 4.39 Å². The van der Waals surface area contributed by atoms with Crippen molar-refractivity contribution in [1.29, 1.82) is 0 Å². The maximum absolute atomic E-state index is 12.9. The lowest BCUT2D eigenvalue weighted by atomic mass is 9.72. The molecule has 4 heteroatoms. The van der Waals surface area contributed by atoms with Gasteiger partial charge in [-0.3, -0.25) is 9.80 Å². The fraction of sp³-hybridized carbons (Fsp3) is 0.400. The van der Waals surface area contributed by atoms with Crippen LogP contribution in [0.15, 0.2) is 48.5 Å². The molecular weight excluding hydrogens is 303 g/mol. The van der Waals surface area contributed by atoms with Gasteiger partial charge in [-0.05, 0) is 35.4 Å². The molecule has 2 saturated heterocycles. The summed E-state index contributed by atoms with van der Waals surface area (Å²) < 4.78 is 18.2. The molecule has 0 aliphatic carbocycles. The number of nitrogens with zero attached hydrogens (tertiary/aromatic N) is 2. The van der Waals surface area contributed by atoms with E-state index in [-0.39, 0.29) is 5.82 Å². The molecule has 3 nitrogen and oxygen atoms in total. The van der Waals surface area contributed by atoms with Gasteiger partial charge in [0.1, 0.15) is 11.6 Å². The Kier molecular flexibility index (Phi) is 4.02.